The largest absolute Gasteiger partial charge is 0.497 e. The fourth-order valence-corrected chi connectivity index (χ4v) is 2.93. The molecule has 0 bridgehead atoms. The molecule has 2 heteroatoms. The highest BCUT2D eigenvalue weighted by molar-refractivity contribution is 5.46. The van der Waals surface area contributed by atoms with E-state index in [1.807, 2.05) is 0 Å². The van der Waals surface area contributed by atoms with Gasteiger partial charge in [-0.15, -0.1) is 0 Å². The summed E-state index contributed by atoms with van der Waals surface area (Å²) in [5.41, 5.74) is 3.17. The van der Waals surface area contributed by atoms with Gasteiger partial charge in [-0.3, -0.25) is 0 Å². The van der Waals surface area contributed by atoms with Crippen LogP contribution in [0.25, 0.3) is 0 Å². The van der Waals surface area contributed by atoms with Crippen molar-refractivity contribution in [3.63, 3.8) is 0 Å². The van der Waals surface area contributed by atoms with Gasteiger partial charge in [-0.05, 0) is 29.7 Å². The van der Waals surface area contributed by atoms with Crippen LogP contribution in [0.1, 0.15) is 25.0 Å². The zero-order valence-corrected chi connectivity index (χ0v) is 9.50. The number of hydrogen-bond acceptors (Lipinski definition) is 2. The first-order valence-electron chi connectivity index (χ1n) is 5.56. The maximum atomic E-state index is 5.30. The summed E-state index contributed by atoms with van der Waals surface area (Å²) in [5.74, 6) is 0.973. The molecule has 0 saturated carbocycles. The Kier molecular flexibility index (Phi) is 1.70. The summed E-state index contributed by atoms with van der Waals surface area (Å²) in [6.45, 7) is 4.64. The Morgan fingerprint density at radius 3 is 2.93 bits per heavy atom. The molecule has 0 spiro atoms. The highest BCUT2D eigenvalue weighted by Crippen LogP contribution is 2.44. The van der Waals surface area contributed by atoms with Gasteiger partial charge in [0.15, 0.2) is 0 Å². The molecule has 0 radical (unpaired) electrons. The van der Waals surface area contributed by atoms with Crippen molar-refractivity contribution < 1.29 is 4.74 Å². The summed E-state index contributed by atoms with van der Waals surface area (Å²) in [4.78, 5) is 0. The highest BCUT2D eigenvalue weighted by atomic mass is 16.5. The summed E-state index contributed by atoms with van der Waals surface area (Å²) < 4.78 is 5.30. The fourth-order valence-electron chi connectivity index (χ4n) is 2.93. The molecule has 2 unspecified atom stereocenters. The Labute approximate surface area is 90.6 Å². The lowest BCUT2D eigenvalue weighted by molar-refractivity contribution is 0.409. The van der Waals surface area contributed by atoms with E-state index in [4.69, 9.17) is 4.74 Å². The lowest BCUT2D eigenvalue weighted by Gasteiger charge is -2.31. The van der Waals surface area contributed by atoms with Crippen LogP contribution in [0.15, 0.2) is 18.2 Å². The summed E-state index contributed by atoms with van der Waals surface area (Å²) in [7, 11) is 1.73. The maximum absolute atomic E-state index is 5.30. The van der Waals surface area contributed by atoms with Crippen LogP contribution < -0.4 is 10.1 Å². The van der Waals surface area contributed by atoms with Gasteiger partial charge >= 0.3 is 0 Å². The van der Waals surface area contributed by atoms with Crippen LogP contribution >= 0.6 is 0 Å². The summed E-state index contributed by atoms with van der Waals surface area (Å²) in [6.07, 6.45) is 1.17. The molecule has 3 rings (SSSR count). The molecule has 0 amide bonds. The van der Waals surface area contributed by atoms with Gasteiger partial charge in [-0.25, -0.2) is 0 Å². The Morgan fingerprint density at radius 1 is 1.40 bits per heavy atom. The van der Waals surface area contributed by atoms with Crippen molar-refractivity contribution in [2.45, 2.75) is 37.8 Å². The average Bonchev–Trinajstić information content (AvgIpc) is 2.98. The van der Waals surface area contributed by atoms with E-state index >= 15 is 0 Å². The molecule has 80 valence electrons. The first-order valence-corrected chi connectivity index (χ1v) is 5.56. The molecule has 2 atom stereocenters. The lowest BCUT2D eigenvalue weighted by atomic mass is 9.72. The van der Waals surface area contributed by atoms with Crippen molar-refractivity contribution in [2.24, 2.45) is 0 Å². The predicted octanol–water partition coefficient (Wildman–Crippen LogP) is 1.87. The van der Waals surface area contributed by atoms with Gasteiger partial charge in [0, 0.05) is 17.5 Å². The molecule has 2 aliphatic rings. The molecule has 0 aromatic heterocycles. The van der Waals surface area contributed by atoms with E-state index in [1.54, 1.807) is 7.11 Å². The zero-order valence-electron chi connectivity index (χ0n) is 9.50. The van der Waals surface area contributed by atoms with Gasteiger partial charge < -0.3 is 10.1 Å². The standard InChI is InChI=1S/C13H17NO/c1-13(2)10-7-9(15-3)5-4-8(10)6-11-12(13)14-11/h4-5,7,11-12,14H,6H2,1-3H3. The van der Waals surface area contributed by atoms with Crippen LogP contribution in [0.5, 0.6) is 5.75 Å². The Morgan fingerprint density at radius 2 is 2.20 bits per heavy atom. The molecule has 1 aliphatic heterocycles. The van der Waals surface area contributed by atoms with Crippen molar-refractivity contribution in [3.8, 4) is 5.75 Å². The molecule has 1 saturated heterocycles. The van der Waals surface area contributed by atoms with Crippen LogP contribution in [0.4, 0.5) is 0 Å². The number of ether oxygens (including phenoxy) is 1. The average molecular weight is 203 g/mol. The van der Waals surface area contributed by atoms with E-state index < -0.39 is 0 Å². The topological polar surface area (TPSA) is 31.2 Å². The number of nitrogens with one attached hydrogen (secondary N) is 1. The predicted molar refractivity (Wildman–Crippen MR) is 60.4 cm³/mol. The van der Waals surface area contributed by atoms with Crippen LogP contribution in [-0.2, 0) is 11.8 Å². The van der Waals surface area contributed by atoms with Gasteiger partial charge in [0.2, 0.25) is 0 Å². The number of methoxy groups -OCH3 is 1. The zero-order chi connectivity index (χ0) is 10.6. The number of benzene rings is 1. The smallest absolute Gasteiger partial charge is 0.119 e. The third-order valence-corrected chi connectivity index (χ3v) is 3.92. The van der Waals surface area contributed by atoms with Crippen molar-refractivity contribution >= 4 is 0 Å². The molecular formula is C13H17NO. The van der Waals surface area contributed by atoms with E-state index in [0.717, 1.165) is 5.75 Å². The second kappa shape index (κ2) is 2.76. The summed E-state index contributed by atoms with van der Waals surface area (Å²) >= 11 is 0. The molecule has 1 aromatic carbocycles. The van der Waals surface area contributed by atoms with E-state index in [-0.39, 0.29) is 5.41 Å². The number of rotatable bonds is 1. The van der Waals surface area contributed by atoms with E-state index in [2.05, 4.69) is 37.4 Å². The second-order valence-corrected chi connectivity index (χ2v) is 5.20. The molecule has 1 aliphatic carbocycles. The molecule has 1 aromatic rings. The fraction of sp³-hybridized carbons (Fsp3) is 0.538. The quantitative estimate of drug-likeness (QED) is 0.706. The van der Waals surface area contributed by atoms with Gasteiger partial charge in [0.05, 0.1) is 7.11 Å². The van der Waals surface area contributed by atoms with Crippen LogP contribution in [-0.4, -0.2) is 19.2 Å². The molecule has 15 heavy (non-hydrogen) atoms. The SMILES string of the molecule is COc1ccc2c(c1)C(C)(C)C1NC1C2. The van der Waals surface area contributed by atoms with Gasteiger partial charge in [0.25, 0.3) is 0 Å². The van der Waals surface area contributed by atoms with Crippen molar-refractivity contribution in [3.05, 3.63) is 29.3 Å². The molecule has 2 nitrogen and oxygen atoms in total. The normalized spacial score (nSPS) is 30.3. The molecule has 1 fully saturated rings. The minimum atomic E-state index is 0.243. The summed E-state index contributed by atoms with van der Waals surface area (Å²) in [6, 6.07) is 7.85. The number of fused-ring (bicyclic) bond motifs is 2. The Balaban J connectivity index is 2.12. The third kappa shape index (κ3) is 1.21. The third-order valence-electron chi connectivity index (χ3n) is 3.92. The van der Waals surface area contributed by atoms with E-state index in [0.29, 0.717) is 12.1 Å². The minimum Gasteiger partial charge on any atom is -0.497 e. The maximum Gasteiger partial charge on any atom is 0.119 e. The lowest BCUT2D eigenvalue weighted by Crippen LogP contribution is -2.32. The van der Waals surface area contributed by atoms with Crippen LogP contribution in [0, 0.1) is 0 Å². The van der Waals surface area contributed by atoms with Crippen molar-refractivity contribution in [2.75, 3.05) is 7.11 Å². The van der Waals surface area contributed by atoms with Crippen molar-refractivity contribution in [1.29, 1.82) is 0 Å². The molecular weight excluding hydrogens is 186 g/mol. The van der Waals surface area contributed by atoms with Gasteiger partial charge in [-0.1, -0.05) is 19.9 Å². The van der Waals surface area contributed by atoms with E-state index in [1.165, 1.54) is 17.5 Å². The first-order chi connectivity index (χ1) is 7.13. The second-order valence-electron chi connectivity index (χ2n) is 5.20. The molecule has 1 heterocycles. The van der Waals surface area contributed by atoms with Crippen LogP contribution in [0.3, 0.4) is 0 Å². The Bertz CT molecular complexity index is 411. The van der Waals surface area contributed by atoms with Gasteiger partial charge in [-0.2, -0.15) is 0 Å². The number of hydrogen-bond donors (Lipinski definition) is 1. The minimum absolute atomic E-state index is 0.243. The van der Waals surface area contributed by atoms with E-state index in [9.17, 15) is 0 Å². The monoisotopic (exact) mass is 203 g/mol. The van der Waals surface area contributed by atoms with Crippen molar-refractivity contribution in [1.82, 2.24) is 5.32 Å². The Hall–Kier alpha value is -1.02. The first kappa shape index (κ1) is 9.22. The summed E-state index contributed by atoms with van der Waals surface area (Å²) in [5, 5.41) is 3.56. The van der Waals surface area contributed by atoms with Gasteiger partial charge in [0.1, 0.15) is 5.75 Å². The highest BCUT2D eigenvalue weighted by Gasteiger charge is 2.51. The van der Waals surface area contributed by atoms with Crippen LogP contribution in [0.2, 0.25) is 0 Å². The molecule has 1 N–H and O–H groups in total.